The highest BCUT2D eigenvalue weighted by Crippen LogP contribution is 2.32. The van der Waals surface area contributed by atoms with Crippen LogP contribution in [-0.4, -0.2) is 26.4 Å². The van der Waals surface area contributed by atoms with Gasteiger partial charge in [0, 0.05) is 5.69 Å². The number of nitrogens with two attached hydrogens (primary N) is 1. The molecule has 0 spiro atoms. The van der Waals surface area contributed by atoms with Gasteiger partial charge in [-0.15, -0.1) is 0 Å². The highest BCUT2D eigenvalue weighted by molar-refractivity contribution is 7.78. The van der Waals surface area contributed by atoms with Gasteiger partial charge < -0.3 is 15.0 Å². The van der Waals surface area contributed by atoms with Crippen molar-refractivity contribution in [3.8, 4) is 16.9 Å². The highest BCUT2D eigenvalue weighted by atomic mass is 32.2. The van der Waals surface area contributed by atoms with Crippen LogP contribution in [0.4, 0.5) is 10.2 Å². The van der Waals surface area contributed by atoms with E-state index in [1.807, 2.05) is 0 Å². The Morgan fingerprint density at radius 2 is 1.81 bits per heavy atom. The van der Waals surface area contributed by atoms with Gasteiger partial charge >= 0.3 is 5.97 Å². The Morgan fingerprint density at radius 1 is 1.19 bits per heavy atom. The first-order valence-corrected chi connectivity index (χ1v) is 9.20. The number of methoxy groups -OCH3 is 1. The third-order valence-electron chi connectivity index (χ3n) is 4.07. The van der Waals surface area contributed by atoms with Gasteiger partial charge in [0.15, 0.2) is 11.1 Å². The molecular weight excluding hydrogens is 371 g/mol. The molecule has 27 heavy (non-hydrogen) atoms. The van der Waals surface area contributed by atoms with E-state index in [-0.39, 0.29) is 23.0 Å². The lowest BCUT2D eigenvalue weighted by Crippen LogP contribution is -2.07. The number of anilines is 1. The summed E-state index contributed by atoms with van der Waals surface area (Å²) in [7, 11) is 1.26. The maximum atomic E-state index is 13.3. The van der Waals surface area contributed by atoms with Crippen LogP contribution in [0, 0.1) is 5.82 Å². The molecule has 1 unspecified atom stereocenters. The maximum Gasteiger partial charge on any atom is 0.341 e. The Hall–Kier alpha value is -2.97. The first-order valence-electron chi connectivity index (χ1n) is 7.93. The van der Waals surface area contributed by atoms with Crippen LogP contribution >= 0.6 is 0 Å². The maximum absolute atomic E-state index is 13.3. The number of carbonyl (C=O) groups excluding carboxylic acids is 1. The smallest absolute Gasteiger partial charge is 0.341 e. The number of carbonyl (C=O) groups is 1. The first-order chi connectivity index (χ1) is 12.9. The van der Waals surface area contributed by atoms with Crippen LogP contribution in [0.5, 0.6) is 0 Å². The van der Waals surface area contributed by atoms with Crippen LogP contribution in [0.3, 0.4) is 0 Å². The Labute approximate surface area is 157 Å². The summed E-state index contributed by atoms with van der Waals surface area (Å²) >= 11 is -1.93. The van der Waals surface area contributed by atoms with E-state index < -0.39 is 17.0 Å². The molecule has 0 bridgehead atoms. The molecule has 0 aliphatic carbocycles. The number of nitrogens with zero attached hydrogens (tertiary/aromatic N) is 1. The zero-order valence-electron chi connectivity index (χ0n) is 14.4. The second kappa shape index (κ2) is 7.73. The van der Waals surface area contributed by atoms with E-state index in [0.717, 1.165) is 5.56 Å². The van der Waals surface area contributed by atoms with Crippen molar-refractivity contribution in [2.24, 2.45) is 0 Å². The van der Waals surface area contributed by atoms with E-state index >= 15 is 0 Å². The van der Waals surface area contributed by atoms with E-state index in [2.05, 4.69) is 0 Å². The average molecular weight is 388 g/mol. The number of nitrogen functional groups attached to an aromatic ring is 1. The second-order valence-electron chi connectivity index (χ2n) is 5.79. The van der Waals surface area contributed by atoms with Crippen molar-refractivity contribution < 1.29 is 22.7 Å². The fourth-order valence-electron chi connectivity index (χ4n) is 2.79. The Morgan fingerprint density at radius 3 is 2.37 bits per heavy atom. The molecule has 0 radical (unpaired) electrons. The molecule has 0 fully saturated rings. The lowest BCUT2D eigenvalue weighted by atomic mass is 10.1. The van der Waals surface area contributed by atoms with Crippen LogP contribution in [0.25, 0.3) is 16.9 Å². The third-order valence-corrected chi connectivity index (χ3v) is 4.65. The zero-order chi connectivity index (χ0) is 19.6. The van der Waals surface area contributed by atoms with Gasteiger partial charge in [0.25, 0.3) is 0 Å². The van der Waals surface area contributed by atoms with E-state index in [1.54, 1.807) is 47.0 Å². The van der Waals surface area contributed by atoms with Crippen molar-refractivity contribution >= 4 is 22.9 Å². The third kappa shape index (κ3) is 3.91. The molecule has 1 atom stereocenters. The number of ether oxygens (including phenoxy) is 1. The van der Waals surface area contributed by atoms with Gasteiger partial charge in [-0.25, -0.2) is 13.4 Å². The molecule has 2 aromatic carbocycles. The van der Waals surface area contributed by atoms with Gasteiger partial charge in [0.2, 0.25) is 0 Å². The van der Waals surface area contributed by atoms with Gasteiger partial charge in [-0.3, -0.25) is 4.57 Å². The second-order valence-corrected chi connectivity index (χ2v) is 6.73. The predicted octanol–water partition coefficient (Wildman–Crippen LogP) is 3.37. The SMILES string of the molecule is COC(=O)c1cc(-c2ccc(CS(=O)O)cc2)n(-c2ccc(F)cc2)c1N. The first kappa shape index (κ1) is 18.8. The van der Waals surface area contributed by atoms with Crippen molar-refractivity contribution in [2.75, 3.05) is 12.8 Å². The molecule has 140 valence electrons. The predicted molar refractivity (Wildman–Crippen MR) is 101 cm³/mol. The number of hydrogen-bond donors (Lipinski definition) is 2. The standard InChI is InChI=1S/C19H17FN2O4S/c1-26-19(23)16-10-17(13-4-2-12(3-5-13)11-27(24)25)22(18(16)21)15-8-6-14(20)7-9-15/h2-10H,11,21H2,1H3,(H,24,25). The summed E-state index contributed by atoms with van der Waals surface area (Å²) in [6.45, 7) is 0. The Balaban J connectivity index is 2.14. The minimum atomic E-state index is -1.93. The van der Waals surface area contributed by atoms with E-state index in [1.165, 1.54) is 19.2 Å². The van der Waals surface area contributed by atoms with E-state index in [9.17, 15) is 13.4 Å². The lowest BCUT2D eigenvalue weighted by molar-refractivity contribution is 0.0602. The molecule has 3 rings (SSSR count). The number of halogens is 1. The normalized spacial score (nSPS) is 12.0. The molecule has 0 saturated heterocycles. The molecule has 0 aliphatic rings. The molecule has 8 heteroatoms. The zero-order valence-corrected chi connectivity index (χ0v) is 15.2. The van der Waals surface area contributed by atoms with E-state index in [4.69, 9.17) is 15.0 Å². The van der Waals surface area contributed by atoms with Crippen molar-refractivity contribution in [3.63, 3.8) is 0 Å². The molecular formula is C19H17FN2O4S. The molecule has 0 aliphatic heterocycles. The fourth-order valence-corrected chi connectivity index (χ4v) is 3.27. The van der Waals surface area contributed by atoms with Gasteiger partial charge in [0.1, 0.15) is 17.2 Å². The number of esters is 1. The Kier molecular flexibility index (Phi) is 5.38. The van der Waals surface area contributed by atoms with Gasteiger partial charge in [-0.2, -0.15) is 0 Å². The highest BCUT2D eigenvalue weighted by Gasteiger charge is 2.21. The Bertz CT molecular complexity index is 998. The molecule has 0 amide bonds. The van der Waals surface area contributed by atoms with Crippen LogP contribution in [0.15, 0.2) is 54.6 Å². The van der Waals surface area contributed by atoms with Crippen LogP contribution < -0.4 is 5.73 Å². The fraction of sp³-hybridized carbons (Fsp3) is 0.105. The largest absolute Gasteiger partial charge is 0.465 e. The topological polar surface area (TPSA) is 94.5 Å². The number of benzene rings is 2. The molecule has 1 aromatic heterocycles. The van der Waals surface area contributed by atoms with Crippen molar-refractivity contribution in [3.05, 3.63) is 71.5 Å². The average Bonchev–Trinajstić information content (AvgIpc) is 2.99. The van der Waals surface area contributed by atoms with Crippen LogP contribution in [0.1, 0.15) is 15.9 Å². The minimum Gasteiger partial charge on any atom is -0.465 e. The summed E-state index contributed by atoms with van der Waals surface area (Å²) in [5.74, 6) is -0.777. The minimum absolute atomic E-state index is 0.0226. The monoisotopic (exact) mass is 388 g/mol. The lowest BCUT2D eigenvalue weighted by Gasteiger charge is -2.12. The summed E-state index contributed by atoms with van der Waals surface area (Å²) in [4.78, 5) is 12.1. The summed E-state index contributed by atoms with van der Waals surface area (Å²) in [5.41, 5.74) is 8.99. The molecule has 6 nitrogen and oxygen atoms in total. The summed E-state index contributed by atoms with van der Waals surface area (Å²) in [5, 5.41) is 0. The van der Waals surface area contributed by atoms with Gasteiger partial charge in [-0.1, -0.05) is 24.3 Å². The molecule has 0 saturated carbocycles. The van der Waals surface area contributed by atoms with E-state index in [0.29, 0.717) is 16.9 Å². The van der Waals surface area contributed by atoms with Crippen molar-refractivity contribution in [2.45, 2.75) is 5.75 Å². The van der Waals surface area contributed by atoms with Crippen molar-refractivity contribution in [1.82, 2.24) is 4.57 Å². The molecule has 1 heterocycles. The van der Waals surface area contributed by atoms with Gasteiger partial charge in [0.05, 0.1) is 18.6 Å². The molecule has 3 N–H and O–H groups in total. The van der Waals surface area contributed by atoms with Crippen molar-refractivity contribution in [1.29, 1.82) is 0 Å². The quantitative estimate of drug-likeness (QED) is 0.516. The summed E-state index contributed by atoms with van der Waals surface area (Å²) in [6.07, 6.45) is 0. The number of rotatable bonds is 5. The molecule has 3 aromatic rings. The number of hydrogen-bond acceptors (Lipinski definition) is 4. The summed E-state index contributed by atoms with van der Waals surface area (Å²) < 4.78 is 39.7. The van der Waals surface area contributed by atoms with Crippen LogP contribution in [0.2, 0.25) is 0 Å². The summed E-state index contributed by atoms with van der Waals surface area (Å²) in [6, 6.07) is 14.3. The number of aromatic nitrogens is 1. The van der Waals surface area contributed by atoms with Crippen LogP contribution in [-0.2, 0) is 21.6 Å². The van der Waals surface area contributed by atoms with Gasteiger partial charge in [-0.05, 0) is 41.5 Å².